The van der Waals surface area contributed by atoms with Crippen LogP contribution < -0.4 is 9.64 Å². The summed E-state index contributed by atoms with van der Waals surface area (Å²) in [5, 5.41) is 11.1. The van der Waals surface area contributed by atoms with Gasteiger partial charge in [-0.3, -0.25) is 4.79 Å². The van der Waals surface area contributed by atoms with E-state index in [1.165, 1.54) is 22.3 Å². The zero-order valence-corrected chi connectivity index (χ0v) is 22.8. The highest BCUT2D eigenvalue weighted by Crippen LogP contribution is 2.65. The van der Waals surface area contributed by atoms with Crippen molar-refractivity contribution < 1.29 is 14.6 Å². The fraction of sp³-hybridized carbons (Fsp3) is 0.516. The number of aryl methyl sites for hydroxylation is 2. The van der Waals surface area contributed by atoms with Crippen LogP contribution in [0, 0.1) is 31.6 Å². The molecule has 2 heterocycles. The first-order chi connectivity index (χ1) is 17.6. The smallest absolute Gasteiger partial charge is 0.298 e. The molecule has 1 amide bonds. The molecule has 0 unspecified atom stereocenters. The normalized spacial score (nSPS) is 29.0. The van der Waals surface area contributed by atoms with E-state index in [9.17, 15) is 9.90 Å². The number of aromatic hydroxyl groups is 1. The lowest BCUT2D eigenvalue weighted by molar-refractivity contribution is -0.133. The van der Waals surface area contributed by atoms with E-state index in [-0.39, 0.29) is 29.2 Å². The summed E-state index contributed by atoms with van der Waals surface area (Å²) in [5.74, 6) is 7.10. The van der Waals surface area contributed by atoms with Crippen LogP contribution in [0.4, 0.5) is 5.69 Å². The van der Waals surface area contributed by atoms with Crippen molar-refractivity contribution in [1.29, 1.82) is 0 Å². The van der Waals surface area contributed by atoms with E-state index in [2.05, 4.69) is 42.5 Å². The third-order valence-corrected chi connectivity index (χ3v) is 9.79. The van der Waals surface area contributed by atoms with Gasteiger partial charge in [-0.2, -0.15) is 0 Å². The van der Waals surface area contributed by atoms with Gasteiger partial charge in [-0.05, 0) is 87.9 Å². The van der Waals surface area contributed by atoms with Crippen molar-refractivity contribution in [1.82, 2.24) is 9.80 Å². The van der Waals surface area contributed by atoms with Gasteiger partial charge in [0, 0.05) is 61.4 Å². The number of benzene rings is 2. The molecule has 37 heavy (non-hydrogen) atoms. The Morgan fingerprint density at radius 1 is 1.16 bits per heavy atom. The van der Waals surface area contributed by atoms with Crippen LogP contribution >= 0.6 is 0 Å². The van der Waals surface area contributed by atoms with Crippen molar-refractivity contribution in [2.24, 2.45) is 5.92 Å². The minimum absolute atomic E-state index is 0.0950. The van der Waals surface area contributed by atoms with Crippen LogP contribution in [0.15, 0.2) is 24.3 Å². The molecule has 2 bridgehead atoms. The molecule has 1 N–H and O–H groups in total. The molecule has 6 heteroatoms. The van der Waals surface area contributed by atoms with Crippen LogP contribution in [-0.4, -0.2) is 73.7 Å². The Morgan fingerprint density at radius 3 is 2.68 bits per heavy atom. The van der Waals surface area contributed by atoms with E-state index in [0.29, 0.717) is 17.7 Å². The topological polar surface area (TPSA) is 56.2 Å². The molecule has 6 rings (SSSR count). The molecular formula is C31H37N3O3. The molecular weight excluding hydrogens is 462 g/mol. The Hall–Kier alpha value is -3.17. The molecule has 0 radical (unpaired) electrons. The third-order valence-electron chi connectivity index (χ3n) is 9.79. The summed E-state index contributed by atoms with van der Waals surface area (Å²) in [6.07, 6.45) is 3.67. The Kier molecular flexibility index (Phi) is 5.51. The minimum Gasteiger partial charge on any atom is -0.504 e. The Labute approximate surface area is 220 Å². The molecule has 2 aliphatic heterocycles. The number of ether oxygens (including phenoxy) is 1. The lowest BCUT2D eigenvalue weighted by Crippen LogP contribution is -2.68. The maximum atomic E-state index is 13.4. The molecule has 4 aliphatic rings. The van der Waals surface area contributed by atoms with Crippen molar-refractivity contribution in [2.45, 2.75) is 63.1 Å². The second kappa shape index (κ2) is 8.43. The van der Waals surface area contributed by atoms with Crippen LogP contribution in [0.2, 0.25) is 0 Å². The van der Waals surface area contributed by atoms with E-state index in [1.807, 2.05) is 45.4 Å². The van der Waals surface area contributed by atoms with Crippen LogP contribution in [0.25, 0.3) is 0 Å². The molecule has 0 aromatic heterocycles. The van der Waals surface area contributed by atoms with Gasteiger partial charge < -0.3 is 24.5 Å². The number of likely N-dealkylation sites (N-methyl/N-ethyl adjacent to an activating group) is 2. The molecule has 1 spiro atoms. The summed E-state index contributed by atoms with van der Waals surface area (Å²) < 4.78 is 6.73. The number of piperidine rings is 1. The summed E-state index contributed by atoms with van der Waals surface area (Å²) in [6.45, 7) is 5.12. The van der Waals surface area contributed by atoms with Crippen molar-refractivity contribution in [2.75, 3.05) is 39.6 Å². The van der Waals surface area contributed by atoms with Gasteiger partial charge >= 0.3 is 0 Å². The molecule has 5 atom stereocenters. The maximum Gasteiger partial charge on any atom is 0.298 e. The molecule has 194 valence electrons. The third kappa shape index (κ3) is 3.40. The number of carbonyl (C=O) groups is 1. The van der Waals surface area contributed by atoms with Crippen LogP contribution in [0.1, 0.15) is 47.1 Å². The van der Waals surface area contributed by atoms with Gasteiger partial charge in [0.25, 0.3) is 5.91 Å². The van der Waals surface area contributed by atoms with Gasteiger partial charge in [0.1, 0.15) is 6.10 Å². The van der Waals surface area contributed by atoms with Crippen molar-refractivity contribution in [3.8, 4) is 23.3 Å². The largest absolute Gasteiger partial charge is 0.504 e. The summed E-state index contributed by atoms with van der Waals surface area (Å²) in [4.78, 5) is 19.8. The molecule has 1 saturated carbocycles. The van der Waals surface area contributed by atoms with Crippen LogP contribution in [0.3, 0.4) is 0 Å². The molecule has 2 aromatic rings. The molecule has 2 aliphatic carbocycles. The monoisotopic (exact) mass is 499 g/mol. The van der Waals surface area contributed by atoms with E-state index >= 15 is 0 Å². The number of amides is 1. The zero-order valence-electron chi connectivity index (χ0n) is 22.8. The Bertz CT molecular complexity index is 1360. The number of anilines is 1. The fourth-order valence-electron chi connectivity index (χ4n) is 7.75. The van der Waals surface area contributed by atoms with Gasteiger partial charge in [0.05, 0.1) is 6.04 Å². The second-order valence-electron chi connectivity index (χ2n) is 11.8. The SMILES string of the molecule is Cc1ccc(C#CC(=O)N(C)[C@@H]2CC[C@H]3[C@H]4Cc5c(N(C)C)cc(O)c6c5[C@@]3(CCN4C)[C@H]2O6)cc1C. The van der Waals surface area contributed by atoms with E-state index in [4.69, 9.17) is 4.74 Å². The number of carbonyl (C=O) groups excluding carboxylic acids is 1. The minimum atomic E-state index is -0.192. The van der Waals surface area contributed by atoms with E-state index in [1.54, 1.807) is 4.90 Å². The number of rotatable bonds is 2. The number of likely N-dealkylation sites (tertiary alicyclic amines) is 1. The first-order valence-corrected chi connectivity index (χ1v) is 13.4. The lowest BCUT2D eigenvalue weighted by atomic mass is 9.51. The summed E-state index contributed by atoms with van der Waals surface area (Å²) in [5.41, 5.74) is 6.63. The van der Waals surface area contributed by atoms with Gasteiger partial charge in [-0.25, -0.2) is 0 Å². The van der Waals surface area contributed by atoms with Crippen molar-refractivity contribution in [3.05, 3.63) is 52.1 Å². The number of hydrogen-bond donors (Lipinski definition) is 1. The summed E-state index contributed by atoms with van der Waals surface area (Å²) >= 11 is 0. The highest BCUT2D eigenvalue weighted by atomic mass is 16.5. The van der Waals surface area contributed by atoms with Crippen molar-refractivity contribution >= 4 is 11.6 Å². The van der Waals surface area contributed by atoms with Gasteiger partial charge in [-0.1, -0.05) is 12.0 Å². The summed E-state index contributed by atoms with van der Waals surface area (Å²) in [7, 11) is 8.19. The van der Waals surface area contributed by atoms with Crippen LogP contribution in [-0.2, 0) is 16.6 Å². The zero-order chi connectivity index (χ0) is 26.2. The number of nitrogens with zero attached hydrogens (tertiary/aromatic N) is 3. The predicted octanol–water partition coefficient (Wildman–Crippen LogP) is 3.62. The standard InChI is InChI=1S/C31H37N3O3/c1-18-7-8-20(15-19(18)2)9-12-27(36)34(6)23-11-10-22-25-16-21-24(32(3)4)17-26(35)29-28(21)31(22,30(23)37-29)13-14-33(25)5/h7-8,15,17,22-23,25,30,35H,10-11,13-14,16H2,1-6H3/t22-,23+,25+,30-,31-/m0/s1. The number of hydrogen-bond acceptors (Lipinski definition) is 5. The fourth-order valence-corrected chi connectivity index (χ4v) is 7.75. The van der Waals surface area contributed by atoms with Gasteiger partial charge in [-0.15, -0.1) is 0 Å². The maximum absolute atomic E-state index is 13.4. The Balaban J connectivity index is 1.39. The second-order valence-corrected chi connectivity index (χ2v) is 11.8. The molecule has 2 fully saturated rings. The van der Waals surface area contributed by atoms with Gasteiger partial charge in [0.2, 0.25) is 0 Å². The Morgan fingerprint density at radius 2 is 1.95 bits per heavy atom. The first-order valence-electron chi connectivity index (χ1n) is 13.4. The number of phenols is 1. The highest BCUT2D eigenvalue weighted by Gasteiger charge is 2.66. The van der Waals surface area contributed by atoms with E-state index < -0.39 is 0 Å². The number of phenolic OH excluding ortho intramolecular Hbond substituents is 1. The lowest BCUT2D eigenvalue weighted by Gasteiger charge is -2.60. The molecule has 6 nitrogen and oxygen atoms in total. The van der Waals surface area contributed by atoms with Crippen molar-refractivity contribution in [3.63, 3.8) is 0 Å². The average Bonchev–Trinajstić information content (AvgIpc) is 3.22. The van der Waals surface area contributed by atoms with Crippen LogP contribution in [0.5, 0.6) is 11.5 Å². The molecule has 1 saturated heterocycles. The quantitative estimate of drug-likeness (QED) is 0.640. The summed E-state index contributed by atoms with van der Waals surface area (Å²) in [6, 6.07) is 8.25. The predicted molar refractivity (Wildman–Crippen MR) is 145 cm³/mol. The molecule has 2 aromatic carbocycles. The first kappa shape index (κ1) is 24.2. The average molecular weight is 500 g/mol. The van der Waals surface area contributed by atoms with Gasteiger partial charge in [0.15, 0.2) is 11.5 Å². The highest BCUT2D eigenvalue weighted by molar-refractivity contribution is 5.94. The van der Waals surface area contributed by atoms with E-state index in [0.717, 1.165) is 43.5 Å².